The molecule has 2 N–H and O–H groups in total. The molecule has 0 spiro atoms. The summed E-state index contributed by atoms with van der Waals surface area (Å²) in [6.45, 7) is 16.6. The Hall–Kier alpha value is -4.12. The second-order valence-electron chi connectivity index (χ2n) is 15.9. The lowest BCUT2D eigenvalue weighted by Gasteiger charge is -2.22. The fraction of sp³-hybridized carbons (Fsp3) is 0.538. The van der Waals surface area contributed by atoms with Gasteiger partial charge in [0, 0.05) is 25.5 Å². The van der Waals surface area contributed by atoms with E-state index in [1.807, 2.05) is 12.3 Å². The van der Waals surface area contributed by atoms with Crippen LogP contribution in [0, 0.1) is 0 Å². The van der Waals surface area contributed by atoms with Gasteiger partial charge in [0.05, 0.1) is 17.1 Å². The molecular weight excluding hydrogens is 699 g/mol. The highest BCUT2D eigenvalue weighted by atomic mass is 16.3. The van der Waals surface area contributed by atoms with Crippen molar-refractivity contribution in [1.29, 1.82) is 0 Å². The van der Waals surface area contributed by atoms with Crippen LogP contribution in [0.5, 0.6) is 11.5 Å². The molecule has 5 nitrogen and oxygen atoms in total. The van der Waals surface area contributed by atoms with E-state index in [1.165, 1.54) is 111 Å². The van der Waals surface area contributed by atoms with E-state index in [0.29, 0.717) is 0 Å². The third-order valence-corrected chi connectivity index (χ3v) is 11.1. The molecule has 0 saturated carbocycles. The van der Waals surface area contributed by atoms with Crippen LogP contribution >= 0.6 is 0 Å². The Morgan fingerprint density at radius 1 is 0.544 bits per heavy atom. The molecule has 4 aromatic carbocycles. The average molecular weight is 776 g/mol. The normalized spacial score (nSPS) is 11.7. The molecule has 0 unspecified atom stereocenters. The van der Waals surface area contributed by atoms with E-state index in [2.05, 4.69) is 103 Å². The lowest BCUT2D eigenvalue weighted by molar-refractivity contribution is 0.405. The number of phenolic OH excluding ortho intramolecular Hbond substituents is 2. The zero-order valence-electron chi connectivity index (χ0n) is 37.2. The van der Waals surface area contributed by atoms with E-state index >= 15 is 0 Å². The Morgan fingerprint density at radius 2 is 1.07 bits per heavy atom. The summed E-state index contributed by atoms with van der Waals surface area (Å²) in [6, 6.07) is 21.2. The minimum atomic E-state index is -0.0568. The van der Waals surface area contributed by atoms with Crippen LogP contribution in [0.2, 0.25) is 0 Å². The molecule has 0 amide bonds. The molecule has 0 fully saturated rings. The van der Waals surface area contributed by atoms with Gasteiger partial charge < -0.3 is 15.1 Å². The number of hydrogen-bond donors (Lipinski definition) is 2. The van der Waals surface area contributed by atoms with Crippen LogP contribution in [-0.4, -0.2) is 35.7 Å². The second kappa shape index (κ2) is 26.7. The SMILES string of the molecule is CCCCC(C=Nc1ccc(CCCC)c(CCCC)c1)=Nc1ccc(CCCC)c(CCCC)c1.CCCCCc1c(N(C)CC)ccc2cc(O)c(O)cc12. The number of aliphatic imine (C=N–C) groups is 2. The molecule has 0 atom stereocenters. The number of aromatic hydroxyl groups is 2. The summed E-state index contributed by atoms with van der Waals surface area (Å²) in [5.74, 6) is -0.103. The molecule has 0 aromatic heterocycles. The van der Waals surface area contributed by atoms with Gasteiger partial charge >= 0.3 is 0 Å². The number of nitrogens with zero attached hydrogens (tertiary/aromatic N) is 3. The van der Waals surface area contributed by atoms with Crippen LogP contribution in [-0.2, 0) is 32.1 Å². The first kappa shape index (κ1) is 47.3. The Bertz CT molecular complexity index is 1820. The van der Waals surface area contributed by atoms with Crippen molar-refractivity contribution in [2.24, 2.45) is 9.98 Å². The predicted molar refractivity (Wildman–Crippen MR) is 252 cm³/mol. The summed E-state index contributed by atoms with van der Waals surface area (Å²) in [7, 11) is 2.09. The van der Waals surface area contributed by atoms with E-state index < -0.39 is 0 Å². The van der Waals surface area contributed by atoms with Gasteiger partial charge in [0.25, 0.3) is 0 Å². The van der Waals surface area contributed by atoms with Crippen LogP contribution in [0.3, 0.4) is 0 Å². The number of unbranched alkanes of at least 4 members (excludes halogenated alkanes) is 7. The number of hydrogen-bond acceptors (Lipinski definition) is 5. The van der Waals surface area contributed by atoms with Crippen molar-refractivity contribution in [3.8, 4) is 11.5 Å². The molecule has 0 heterocycles. The summed E-state index contributed by atoms with van der Waals surface area (Å²) >= 11 is 0. The fourth-order valence-corrected chi connectivity index (χ4v) is 7.36. The van der Waals surface area contributed by atoms with Gasteiger partial charge in [-0.05, 0) is 165 Å². The van der Waals surface area contributed by atoms with E-state index in [-0.39, 0.29) is 11.5 Å². The molecule has 4 rings (SSSR count). The summed E-state index contributed by atoms with van der Waals surface area (Å²) in [4.78, 5) is 12.2. The van der Waals surface area contributed by atoms with Crippen LogP contribution in [0.25, 0.3) is 10.8 Å². The van der Waals surface area contributed by atoms with Gasteiger partial charge in [-0.25, -0.2) is 0 Å². The van der Waals surface area contributed by atoms with Crippen molar-refractivity contribution in [1.82, 2.24) is 0 Å². The predicted octanol–water partition coefficient (Wildman–Crippen LogP) is 15.2. The number of fused-ring (bicyclic) bond motifs is 1. The standard InChI is InChI=1S/C34H52N2.C18H25NO2/c1-6-11-16-28-21-23-32(25-30(28)18-13-8-3)35-27-34(20-15-10-5)36-33-24-22-29(17-12-7-2)31(26-33)19-14-9-4;1-4-6-7-8-14-15-12-18(21)17(20)11-13(15)9-10-16(14)19(3)5-2/h21-27H,6-20H2,1-5H3;9-12,20-21H,4-8H2,1-3H3. The number of anilines is 1. The smallest absolute Gasteiger partial charge is 0.158 e. The summed E-state index contributed by atoms with van der Waals surface area (Å²) in [5, 5.41) is 21.5. The van der Waals surface area contributed by atoms with Crippen LogP contribution in [0.15, 0.2) is 70.6 Å². The van der Waals surface area contributed by atoms with Crippen LogP contribution in [0.4, 0.5) is 17.1 Å². The molecule has 0 saturated heterocycles. The highest BCUT2D eigenvalue weighted by Gasteiger charge is 2.13. The molecule has 5 heteroatoms. The maximum atomic E-state index is 9.84. The Kier molecular flexibility index (Phi) is 22.2. The van der Waals surface area contributed by atoms with Gasteiger partial charge in [0.15, 0.2) is 11.5 Å². The van der Waals surface area contributed by atoms with Crippen LogP contribution in [0.1, 0.15) is 166 Å². The average Bonchev–Trinajstić information content (AvgIpc) is 3.22. The first-order chi connectivity index (χ1) is 27.7. The Morgan fingerprint density at radius 3 is 1.63 bits per heavy atom. The highest BCUT2D eigenvalue weighted by molar-refractivity contribution is 6.31. The van der Waals surface area contributed by atoms with Gasteiger partial charge in [-0.1, -0.05) is 105 Å². The summed E-state index contributed by atoms with van der Waals surface area (Å²) in [6.07, 6.45) is 24.4. The fourth-order valence-electron chi connectivity index (χ4n) is 7.36. The quantitative estimate of drug-likeness (QED) is 0.0423. The number of benzene rings is 4. The Labute approximate surface area is 347 Å². The molecule has 4 aromatic rings. The monoisotopic (exact) mass is 776 g/mol. The second-order valence-corrected chi connectivity index (χ2v) is 15.9. The molecule has 0 bridgehead atoms. The van der Waals surface area contributed by atoms with Gasteiger partial charge in [-0.2, -0.15) is 0 Å². The third-order valence-electron chi connectivity index (χ3n) is 11.1. The maximum Gasteiger partial charge on any atom is 0.158 e. The van der Waals surface area contributed by atoms with Crippen molar-refractivity contribution in [3.63, 3.8) is 0 Å². The number of phenols is 2. The molecular formula is C52H77N3O2. The highest BCUT2D eigenvalue weighted by Crippen LogP contribution is 2.36. The first-order valence-corrected chi connectivity index (χ1v) is 22.8. The lowest BCUT2D eigenvalue weighted by Crippen LogP contribution is -2.17. The Balaban J connectivity index is 0.000000350. The van der Waals surface area contributed by atoms with Crippen molar-refractivity contribution in [2.45, 2.75) is 170 Å². The molecule has 0 aliphatic carbocycles. The van der Waals surface area contributed by atoms with Gasteiger partial charge in [-0.3, -0.25) is 9.98 Å². The van der Waals surface area contributed by atoms with Gasteiger partial charge in [0.2, 0.25) is 0 Å². The molecule has 312 valence electrons. The minimum Gasteiger partial charge on any atom is -0.504 e. The zero-order valence-corrected chi connectivity index (χ0v) is 37.2. The van der Waals surface area contributed by atoms with E-state index in [1.54, 1.807) is 12.1 Å². The first-order valence-electron chi connectivity index (χ1n) is 22.8. The van der Waals surface area contributed by atoms with Crippen molar-refractivity contribution >= 4 is 39.8 Å². The molecule has 57 heavy (non-hydrogen) atoms. The lowest BCUT2D eigenvalue weighted by atomic mass is 9.96. The molecule has 0 aliphatic rings. The third kappa shape index (κ3) is 15.6. The largest absolute Gasteiger partial charge is 0.504 e. The van der Waals surface area contributed by atoms with Gasteiger partial charge in [0.1, 0.15) is 0 Å². The van der Waals surface area contributed by atoms with E-state index in [4.69, 9.17) is 9.98 Å². The number of aryl methyl sites for hydroxylation is 5. The van der Waals surface area contributed by atoms with Crippen molar-refractivity contribution in [2.75, 3.05) is 18.5 Å². The molecule has 0 aliphatic heterocycles. The number of rotatable bonds is 24. The van der Waals surface area contributed by atoms with E-state index in [0.717, 1.165) is 79.3 Å². The zero-order chi connectivity index (χ0) is 41.4. The van der Waals surface area contributed by atoms with Crippen molar-refractivity contribution < 1.29 is 10.2 Å². The van der Waals surface area contributed by atoms with Gasteiger partial charge in [-0.15, -0.1) is 0 Å². The molecule has 0 radical (unpaired) electrons. The van der Waals surface area contributed by atoms with E-state index in [9.17, 15) is 10.2 Å². The summed E-state index contributed by atoms with van der Waals surface area (Å²) in [5.41, 5.74) is 11.7. The van der Waals surface area contributed by atoms with Crippen molar-refractivity contribution in [3.05, 3.63) is 88.5 Å². The van der Waals surface area contributed by atoms with Crippen LogP contribution < -0.4 is 4.90 Å². The topological polar surface area (TPSA) is 68.4 Å². The minimum absolute atomic E-state index is 0.0458. The maximum absolute atomic E-state index is 9.84. The summed E-state index contributed by atoms with van der Waals surface area (Å²) < 4.78 is 0.